The molecule has 2 atom stereocenters. The number of hydrogen-bond acceptors (Lipinski definition) is 3. The van der Waals surface area contributed by atoms with Gasteiger partial charge in [0.1, 0.15) is 0 Å². The minimum atomic E-state index is 0.346. The van der Waals surface area contributed by atoms with Crippen molar-refractivity contribution in [1.82, 2.24) is 4.90 Å². The molecule has 0 saturated carbocycles. The molecule has 1 fully saturated rings. The van der Waals surface area contributed by atoms with E-state index >= 15 is 0 Å². The lowest BCUT2D eigenvalue weighted by Crippen LogP contribution is -2.41. The van der Waals surface area contributed by atoms with E-state index in [0.717, 1.165) is 26.1 Å². The molecule has 0 aromatic carbocycles. The van der Waals surface area contributed by atoms with Gasteiger partial charge in [0.2, 0.25) is 0 Å². The Balaban J connectivity index is 2.06. The lowest BCUT2D eigenvalue weighted by atomic mass is 10.2. The van der Waals surface area contributed by atoms with Gasteiger partial charge >= 0.3 is 0 Å². The molecule has 2 unspecified atom stereocenters. The first kappa shape index (κ1) is 11.0. The van der Waals surface area contributed by atoms with Gasteiger partial charge in [-0.25, -0.2) is 0 Å². The maximum Gasteiger partial charge on any atom is 0.0674 e. The van der Waals surface area contributed by atoms with E-state index in [-0.39, 0.29) is 0 Å². The first-order valence-electron chi connectivity index (χ1n) is 5.28. The van der Waals surface area contributed by atoms with E-state index in [2.05, 4.69) is 18.7 Å². The van der Waals surface area contributed by atoms with Gasteiger partial charge in [-0.05, 0) is 33.2 Å². The molecule has 3 nitrogen and oxygen atoms in total. The third-order valence-corrected chi connectivity index (χ3v) is 2.46. The molecule has 0 radical (unpaired) electrons. The van der Waals surface area contributed by atoms with Crippen LogP contribution < -0.4 is 5.73 Å². The van der Waals surface area contributed by atoms with E-state index in [4.69, 9.17) is 10.5 Å². The van der Waals surface area contributed by atoms with Gasteiger partial charge < -0.3 is 10.5 Å². The zero-order valence-electron chi connectivity index (χ0n) is 8.83. The Morgan fingerprint density at radius 1 is 1.62 bits per heavy atom. The van der Waals surface area contributed by atoms with Gasteiger partial charge in [0.25, 0.3) is 0 Å². The Morgan fingerprint density at radius 2 is 2.38 bits per heavy atom. The zero-order valence-corrected chi connectivity index (χ0v) is 8.83. The summed E-state index contributed by atoms with van der Waals surface area (Å²) in [5.74, 6) is 0. The minimum Gasteiger partial charge on any atom is -0.376 e. The predicted molar refractivity (Wildman–Crippen MR) is 54.7 cm³/mol. The van der Waals surface area contributed by atoms with Crippen molar-refractivity contribution in [3.63, 3.8) is 0 Å². The van der Waals surface area contributed by atoms with Crippen LogP contribution in [0.4, 0.5) is 0 Å². The molecule has 1 aliphatic heterocycles. The summed E-state index contributed by atoms with van der Waals surface area (Å²) in [4.78, 5) is 2.47. The Kier molecular flexibility index (Phi) is 4.70. The van der Waals surface area contributed by atoms with Crippen LogP contribution in [-0.4, -0.2) is 43.3 Å². The quantitative estimate of drug-likeness (QED) is 0.707. The van der Waals surface area contributed by atoms with Crippen molar-refractivity contribution in [3.05, 3.63) is 0 Å². The van der Waals surface area contributed by atoms with E-state index in [1.807, 2.05) is 0 Å². The summed E-state index contributed by atoms with van der Waals surface area (Å²) in [6, 6.07) is 0.346. The zero-order chi connectivity index (χ0) is 9.68. The molecule has 1 aliphatic rings. The van der Waals surface area contributed by atoms with Gasteiger partial charge in [-0.15, -0.1) is 0 Å². The number of rotatable bonds is 4. The van der Waals surface area contributed by atoms with Crippen LogP contribution in [0.15, 0.2) is 0 Å². The van der Waals surface area contributed by atoms with Crippen LogP contribution in [0.3, 0.4) is 0 Å². The molecule has 0 amide bonds. The maximum absolute atomic E-state index is 5.69. The van der Waals surface area contributed by atoms with Crippen molar-refractivity contribution < 1.29 is 4.74 Å². The summed E-state index contributed by atoms with van der Waals surface area (Å²) in [7, 11) is 0. The standard InChI is InChI=1S/C10H22N2O/c1-9(11)4-3-5-12-6-7-13-10(2)8-12/h9-10H,3-8,11H2,1-2H3. The fourth-order valence-corrected chi connectivity index (χ4v) is 1.73. The summed E-state index contributed by atoms with van der Waals surface area (Å²) in [5.41, 5.74) is 5.69. The molecule has 13 heavy (non-hydrogen) atoms. The fraction of sp³-hybridized carbons (Fsp3) is 1.00. The Bertz CT molecular complexity index is 139. The number of nitrogens with two attached hydrogens (primary N) is 1. The van der Waals surface area contributed by atoms with Gasteiger partial charge in [-0.3, -0.25) is 4.90 Å². The summed E-state index contributed by atoms with van der Waals surface area (Å²) in [6.07, 6.45) is 2.75. The molecular formula is C10H22N2O. The van der Waals surface area contributed by atoms with Gasteiger partial charge in [0.15, 0.2) is 0 Å². The van der Waals surface area contributed by atoms with E-state index in [1.54, 1.807) is 0 Å². The molecule has 0 aromatic heterocycles. The first-order valence-corrected chi connectivity index (χ1v) is 5.28. The third-order valence-electron chi connectivity index (χ3n) is 2.46. The van der Waals surface area contributed by atoms with Crippen molar-refractivity contribution in [1.29, 1.82) is 0 Å². The molecule has 0 bridgehead atoms. The van der Waals surface area contributed by atoms with Crippen LogP contribution in [0.5, 0.6) is 0 Å². The smallest absolute Gasteiger partial charge is 0.0674 e. The number of ether oxygens (including phenoxy) is 1. The third kappa shape index (κ3) is 4.60. The van der Waals surface area contributed by atoms with E-state index in [1.165, 1.54) is 13.0 Å². The Hall–Kier alpha value is -0.120. The van der Waals surface area contributed by atoms with Crippen molar-refractivity contribution in [2.24, 2.45) is 5.73 Å². The number of hydrogen-bond donors (Lipinski definition) is 1. The average molecular weight is 186 g/mol. The second-order valence-corrected chi connectivity index (χ2v) is 4.10. The van der Waals surface area contributed by atoms with Crippen LogP contribution in [0.25, 0.3) is 0 Å². The summed E-state index contributed by atoms with van der Waals surface area (Å²) in [5, 5.41) is 0. The molecular weight excluding hydrogens is 164 g/mol. The number of morpholine rings is 1. The molecule has 1 saturated heterocycles. The molecule has 2 N–H and O–H groups in total. The van der Waals surface area contributed by atoms with Crippen LogP contribution in [0.1, 0.15) is 26.7 Å². The van der Waals surface area contributed by atoms with Crippen LogP contribution in [0.2, 0.25) is 0 Å². The van der Waals surface area contributed by atoms with Crippen LogP contribution in [0, 0.1) is 0 Å². The van der Waals surface area contributed by atoms with Crippen molar-refractivity contribution in [2.75, 3.05) is 26.2 Å². The largest absolute Gasteiger partial charge is 0.376 e. The molecule has 0 aliphatic carbocycles. The Morgan fingerprint density at radius 3 is 3.00 bits per heavy atom. The SMILES string of the molecule is CC(N)CCCN1CCOC(C)C1. The van der Waals surface area contributed by atoms with Gasteiger partial charge in [-0.2, -0.15) is 0 Å². The summed E-state index contributed by atoms with van der Waals surface area (Å²) in [6.45, 7) is 8.44. The van der Waals surface area contributed by atoms with E-state index in [9.17, 15) is 0 Å². The fourth-order valence-electron chi connectivity index (χ4n) is 1.73. The predicted octanol–water partition coefficient (Wildman–Crippen LogP) is 0.834. The van der Waals surface area contributed by atoms with Crippen LogP contribution >= 0.6 is 0 Å². The molecule has 0 spiro atoms. The maximum atomic E-state index is 5.69. The van der Waals surface area contributed by atoms with Gasteiger partial charge in [0.05, 0.1) is 12.7 Å². The highest BCUT2D eigenvalue weighted by Gasteiger charge is 2.15. The monoisotopic (exact) mass is 186 g/mol. The first-order chi connectivity index (χ1) is 6.18. The van der Waals surface area contributed by atoms with E-state index < -0.39 is 0 Å². The second kappa shape index (κ2) is 5.58. The highest BCUT2D eigenvalue weighted by molar-refractivity contribution is 4.68. The van der Waals surface area contributed by atoms with Crippen molar-refractivity contribution >= 4 is 0 Å². The molecule has 3 heteroatoms. The molecule has 0 aromatic rings. The van der Waals surface area contributed by atoms with Crippen LogP contribution in [-0.2, 0) is 4.74 Å². The second-order valence-electron chi connectivity index (χ2n) is 4.10. The highest BCUT2D eigenvalue weighted by Crippen LogP contribution is 2.06. The summed E-state index contributed by atoms with van der Waals surface area (Å²) < 4.78 is 5.47. The topological polar surface area (TPSA) is 38.5 Å². The lowest BCUT2D eigenvalue weighted by Gasteiger charge is -2.31. The molecule has 1 heterocycles. The highest BCUT2D eigenvalue weighted by atomic mass is 16.5. The minimum absolute atomic E-state index is 0.346. The average Bonchev–Trinajstić information content (AvgIpc) is 2.03. The summed E-state index contributed by atoms with van der Waals surface area (Å²) >= 11 is 0. The number of nitrogens with zero attached hydrogens (tertiary/aromatic N) is 1. The van der Waals surface area contributed by atoms with Crippen molar-refractivity contribution in [3.8, 4) is 0 Å². The van der Waals surface area contributed by atoms with Crippen molar-refractivity contribution in [2.45, 2.75) is 38.8 Å². The molecule has 78 valence electrons. The normalized spacial score (nSPS) is 27.5. The van der Waals surface area contributed by atoms with Gasteiger partial charge in [0, 0.05) is 19.1 Å². The van der Waals surface area contributed by atoms with E-state index in [0.29, 0.717) is 12.1 Å². The van der Waals surface area contributed by atoms with Gasteiger partial charge in [-0.1, -0.05) is 0 Å². The molecule has 1 rings (SSSR count). The Labute approximate surface area is 81.2 Å². The lowest BCUT2D eigenvalue weighted by molar-refractivity contribution is -0.0186.